The molecule has 0 unspecified atom stereocenters. The summed E-state index contributed by atoms with van der Waals surface area (Å²) in [4.78, 5) is 23.5. The summed E-state index contributed by atoms with van der Waals surface area (Å²) < 4.78 is 59.4. The Labute approximate surface area is 202 Å². The van der Waals surface area contributed by atoms with Gasteiger partial charge in [0.1, 0.15) is 0 Å². The summed E-state index contributed by atoms with van der Waals surface area (Å²) in [6.07, 6.45) is -4.28. The molecule has 12 heteroatoms. The maximum absolute atomic E-state index is 13.1. The molecular formula is C23H28F3N3O5S. The monoisotopic (exact) mass is 515 g/mol. The Morgan fingerprint density at radius 1 is 0.943 bits per heavy atom. The standard InChI is InChI=1S/C21H27N3O3S.C2HF3O2/c25-21(23-17-13-22-14-18-23)12-16-24(15-11-19-7-3-1-4-8-19)28(26,27)20-9-5-2-6-10-20;3-2(4,5)1(6)7/h1-10,22H,11-18H2;(H,6,7). The van der Waals surface area contributed by atoms with Crippen molar-refractivity contribution in [2.24, 2.45) is 0 Å². The largest absolute Gasteiger partial charge is 0.490 e. The maximum Gasteiger partial charge on any atom is 0.490 e. The minimum absolute atomic E-state index is 0.00877. The van der Waals surface area contributed by atoms with Crippen molar-refractivity contribution in [2.45, 2.75) is 23.9 Å². The lowest BCUT2D eigenvalue weighted by Crippen LogP contribution is -2.47. The fraction of sp³-hybridized carbons (Fsp3) is 0.391. The lowest BCUT2D eigenvalue weighted by Gasteiger charge is -2.29. The van der Waals surface area contributed by atoms with Gasteiger partial charge in [-0.1, -0.05) is 48.5 Å². The number of amides is 1. The first-order valence-electron chi connectivity index (χ1n) is 10.9. The number of alkyl halides is 3. The molecule has 1 aliphatic heterocycles. The van der Waals surface area contributed by atoms with E-state index in [2.05, 4.69) is 5.32 Å². The smallest absolute Gasteiger partial charge is 0.475 e. The van der Waals surface area contributed by atoms with Crippen LogP contribution in [0.2, 0.25) is 0 Å². The fourth-order valence-corrected chi connectivity index (χ4v) is 4.75. The topological polar surface area (TPSA) is 107 Å². The molecule has 0 saturated carbocycles. The number of rotatable bonds is 8. The minimum Gasteiger partial charge on any atom is -0.475 e. The highest BCUT2D eigenvalue weighted by Crippen LogP contribution is 2.17. The zero-order valence-corrected chi connectivity index (χ0v) is 19.8. The van der Waals surface area contributed by atoms with Gasteiger partial charge in [-0.25, -0.2) is 13.2 Å². The molecule has 35 heavy (non-hydrogen) atoms. The summed E-state index contributed by atoms with van der Waals surface area (Å²) in [5, 5.41) is 10.3. The van der Waals surface area contributed by atoms with Crippen molar-refractivity contribution < 1.29 is 36.3 Å². The molecule has 1 aliphatic rings. The van der Waals surface area contributed by atoms with Crippen molar-refractivity contribution in [3.63, 3.8) is 0 Å². The minimum atomic E-state index is -5.08. The van der Waals surface area contributed by atoms with Gasteiger partial charge in [0.05, 0.1) is 4.90 Å². The average molecular weight is 516 g/mol. The van der Waals surface area contributed by atoms with E-state index in [1.807, 2.05) is 30.3 Å². The maximum atomic E-state index is 13.1. The number of hydrogen-bond acceptors (Lipinski definition) is 5. The quantitative estimate of drug-likeness (QED) is 0.559. The molecular weight excluding hydrogens is 487 g/mol. The number of nitrogens with one attached hydrogen (secondary N) is 1. The number of carbonyl (C=O) groups is 2. The third-order valence-corrected chi connectivity index (χ3v) is 7.07. The Morgan fingerprint density at radius 3 is 1.97 bits per heavy atom. The highest BCUT2D eigenvalue weighted by Gasteiger charge is 2.38. The van der Waals surface area contributed by atoms with E-state index < -0.39 is 22.2 Å². The number of aliphatic carboxylic acids is 1. The highest BCUT2D eigenvalue weighted by molar-refractivity contribution is 7.89. The van der Waals surface area contributed by atoms with Crippen LogP contribution in [0.5, 0.6) is 0 Å². The second-order valence-electron chi connectivity index (χ2n) is 7.64. The SMILES string of the molecule is O=C(CCN(CCc1ccccc1)S(=O)(=O)c1ccccc1)N1CCNCC1.O=C(O)C(F)(F)F. The van der Waals surface area contributed by atoms with E-state index in [1.54, 1.807) is 35.2 Å². The lowest BCUT2D eigenvalue weighted by molar-refractivity contribution is -0.192. The number of carboxylic acids is 1. The molecule has 0 aliphatic carbocycles. The van der Waals surface area contributed by atoms with E-state index in [-0.39, 0.29) is 23.8 Å². The van der Waals surface area contributed by atoms with Crippen LogP contribution in [-0.4, -0.2) is 80.1 Å². The molecule has 0 atom stereocenters. The first-order chi connectivity index (χ1) is 16.5. The van der Waals surface area contributed by atoms with Crippen molar-refractivity contribution in [2.75, 3.05) is 39.3 Å². The number of benzene rings is 2. The van der Waals surface area contributed by atoms with E-state index in [0.717, 1.165) is 18.7 Å². The molecule has 2 aromatic rings. The molecule has 2 aromatic carbocycles. The fourth-order valence-electron chi connectivity index (χ4n) is 3.28. The predicted molar refractivity (Wildman–Crippen MR) is 123 cm³/mol. The number of halogens is 3. The number of hydrogen-bond donors (Lipinski definition) is 2. The van der Waals surface area contributed by atoms with E-state index in [4.69, 9.17) is 9.90 Å². The van der Waals surface area contributed by atoms with Gasteiger partial charge in [0.2, 0.25) is 15.9 Å². The van der Waals surface area contributed by atoms with Crippen LogP contribution < -0.4 is 5.32 Å². The summed E-state index contributed by atoms with van der Waals surface area (Å²) in [5.41, 5.74) is 1.07. The first kappa shape index (κ1) is 28.3. The predicted octanol–water partition coefficient (Wildman–Crippen LogP) is 2.38. The number of carbonyl (C=O) groups excluding carboxylic acids is 1. The van der Waals surface area contributed by atoms with Gasteiger partial charge in [0.25, 0.3) is 0 Å². The number of nitrogens with zero attached hydrogens (tertiary/aromatic N) is 2. The summed E-state index contributed by atoms with van der Waals surface area (Å²) in [6, 6.07) is 18.2. The summed E-state index contributed by atoms with van der Waals surface area (Å²) in [5.74, 6) is -2.75. The second kappa shape index (κ2) is 13.2. The Hall–Kier alpha value is -2.96. The van der Waals surface area contributed by atoms with Crippen LogP contribution in [0.1, 0.15) is 12.0 Å². The zero-order chi connectivity index (χ0) is 25.9. The van der Waals surface area contributed by atoms with Crippen molar-refractivity contribution in [1.82, 2.24) is 14.5 Å². The van der Waals surface area contributed by atoms with Gasteiger partial charge >= 0.3 is 12.1 Å². The molecule has 2 N–H and O–H groups in total. The van der Waals surface area contributed by atoms with E-state index in [9.17, 15) is 26.4 Å². The lowest BCUT2D eigenvalue weighted by atomic mass is 10.1. The molecule has 3 rings (SSSR count). The second-order valence-corrected chi connectivity index (χ2v) is 9.57. The van der Waals surface area contributed by atoms with Gasteiger partial charge in [-0.05, 0) is 24.1 Å². The number of sulfonamides is 1. The molecule has 192 valence electrons. The summed E-state index contributed by atoms with van der Waals surface area (Å²) in [7, 11) is -3.65. The van der Waals surface area contributed by atoms with E-state index in [0.29, 0.717) is 26.1 Å². The Bertz CT molecular complexity index is 1050. The summed E-state index contributed by atoms with van der Waals surface area (Å²) in [6.45, 7) is 3.45. The van der Waals surface area contributed by atoms with E-state index in [1.165, 1.54) is 4.31 Å². The molecule has 1 fully saturated rings. The van der Waals surface area contributed by atoms with Gasteiger partial charge in [-0.15, -0.1) is 0 Å². The van der Waals surface area contributed by atoms with Gasteiger partial charge in [0, 0.05) is 45.7 Å². The van der Waals surface area contributed by atoms with Crippen molar-refractivity contribution in [1.29, 1.82) is 0 Å². The van der Waals surface area contributed by atoms with E-state index >= 15 is 0 Å². The molecule has 0 spiro atoms. The van der Waals surface area contributed by atoms with Crippen LogP contribution in [0, 0.1) is 0 Å². The van der Waals surface area contributed by atoms with Gasteiger partial charge in [-0.3, -0.25) is 4.79 Å². The van der Waals surface area contributed by atoms with Crippen LogP contribution in [0.4, 0.5) is 13.2 Å². The normalized spacial score (nSPS) is 14.2. The van der Waals surface area contributed by atoms with Crippen molar-refractivity contribution >= 4 is 21.9 Å². The molecule has 0 radical (unpaired) electrons. The van der Waals surface area contributed by atoms with Crippen molar-refractivity contribution in [3.8, 4) is 0 Å². The highest BCUT2D eigenvalue weighted by atomic mass is 32.2. The summed E-state index contributed by atoms with van der Waals surface area (Å²) >= 11 is 0. The van der Waals surface area contributed by atoms with Crippen LogP contribution in [-0.2, 0) is 26.0 Å². The van der Waals surface area contributed by atoms with Crippen LogP contribution in [0.25, 0.3) is 0 Å². The Morgan fingerprint density at radius 2 is 1.46 bits per heavy atom. The molecule has 0 aromatic heterocycles. The van der Waals surface area contributed by atoms with Crippen molar-refractivity contribution in [3.05, 3.63) is 66.2 Å². The van der Waals surface area contributed by atoms with Crippen LogP contribution in [0.15, 0.2) is 65.6 Å². The molecule has 8 nitrogen and oxygen atoms in total. The van der Waals surface area contributed by atoms with Gasteiger partial charge in [0.15, 0.2) is 0 Å². The Kier molecular flexibility index (Phi) is 10.7. The zero-order valence-electron chi connectivity index (χ0n) is 18.9. The van der Waals surface area contributed by atoms with Crippen LogP contribution >= 0.6 is 0 Å². The average Bonchev–Trinajstić information content (AvgIpc) is 2.85. The molecule has 0 bridgehead atoms. The third-order valence-electron chi connectivity index (χ3n) is 5.16. The Balaban J connectivity index is 0.000000540. The molecule has 1 amide bonds. The van der Waals surface area contributed by atoms with Gasteiger partial charge in [-0.2, -0.15) is 17.5 Å². The third kappa shape index (κ3) is 9.30. The van der Waals surface area contributed by atoms with Gasteiger partial charge < -0.3 is 15.3 Å². The van der Waals surface area contributed by atoms with Crippen LogP contribution in [0.3, 0.4) is 0 Å². The number of piperazine rings is 1. The number of carboxylic acid groups (broad SMARTS) is 1. The first-order valence-corrected chi connectivity index (χ1v) is 12.3. The molecule has 1 saturated heterocycles. The molecule has 1 heterocycles.